The highest BCUT2D eigenvalue weighted by molar-refractivity contribution is 9.10. The van der Waals surface area contributed by atoms with Gasteiger partial charge in [0.15, 0.2) is 0 Å². The summed E-state index contributed by atoms with van der Waals surface area (Å²) in [6.07, 6.45) is -0.0742. The van der Waals surface area contributed by atoms with Crippen molar-refractivity contribution in [2.24, 2.45) is 0 Å². The van der Waals surface area contributed by atoms with Crippen LogP contribution in [0.5, 0.6) is 5.75 Å². The Bertz CT molecular complexity index is 386. The minimum absolute atomic E-state index is 0.0742. The van der Waals surface area contributed by atoms with Crippen LogP contribution >= 0.6 is 15.9 Å². The van der Waals surface area contributed by atoms with Gasteiger partial charge in [-0.3, -0.25) is 4.79 Å². The van der Waals surface area contributed by atoms with Crippen molar-refractivity contribution in [1.82, 2.24) is 0 Å². The maximum Gasteiger partial charge on any atom is 0.363 e. The molecule has 16 heavy (non-hydrogen) atoms. The Kier molecular flexibility index (Phi) is 4.02. The lowest BCUT2D eigenvalue weighted by Crippen LogP contribution is -2.20. The van der Waals surface area contributed by atoms with Gasteiger partial charge in [0.2, 0.25) is 5.78 Å². The van der Waals surface area contributed by atoms with Crippen LogP contribution in [0.3, 0.4) is 0 Å². The van der Waals surface area contributed by atoms with Gasteiger partial charge in [-0.05, 0) is 41.9 Å². The van der Waals surface area contributed by atoms with E-state index in [1.807, 2.05) is 29.8 Å². The Morgan fingerprint density at radius 2 is 2.06 bits per heavy atom. The minimum atomic E-state index is -3.54. The minimum Gasteiger partial charge on any atom is -0.491 e. The van der Waals surface area contributed by atoms with Crippen molar-refractivity contribution in [3.63, 3.8) is 0 Å². The summed E-state index contributed by atoms with van der Waals surface area (Å²) in [7, 11) is 0. The highest BCUT2D eigenvalue weighted by Gasteiger charge is 2.35. The zero-order chi connectivity index (χ0) is 12.3. The molecule has 0 radical (unpaired) electrons. The lowest BCUT2D eigenvalue weighted by molar-refractivity contribution is 0.0592. The van der Waals surface area contributed by atoms with Crippen LogP contribution in [0.15, 0.2) is 24.3 Å². The fourth-order valence-corrected chi connectivity index (χ4v) is 1.38. The maximum atomic E-state index is 12.7. The number of hydrogen-bond acceptors (Lipinski definition) is 2. The number of carbonyl (C=O) groups excluding carboxylic acids is 1. The Balaban J connectivity index is 2.95. The van der Waals surface area contributed by atoms with E-state index in [2.05, 4.69) is 0 Å². The van der Waals surface area contributed by atoms with E-state index in [1.165, 1.54) is 18.2 Å². The van der Waals surface area contributed by atoms with E-state index in [4.69, 9.17) is 4.74 Å². The predicted molar refractivity (Wildman–Crippen MR) is 60.4 cm³/mol. The van der Waals surface area contributed by atoms with Gasteiger partial charge in [-0.2, -0.15) is 8.78 Å². The molecule has 0 aliphatic carbocycles. The molecule has 1 aromatic rings. The van der Waals surface area contributed by atoms with Gasteiger partial charge in [-0.25, -0.2) is 0 Å². The maximum absolute atomic E-state index is 12.7. The number of alkyl halides is 3. The standard InChI is InChI=1S/C11H11BrF2O2/c1-7(2)16-9-5-3-4-8(6-9)10(15)11(12,13)14/h3-7H,1-2H3. The van der Waals surface area contributed by atoms with E-state index in [0.29, 0.717) is 5.75 Å². The number of Topliss-reactive ketones (excluding diaryl/α,β-unsaturated/α-hetero) is 1. The van der Waals surface area contributed by atoms with Gasteiger partial charge in [-0.1, -0.05) is 12.1 Å². The fraction of sp³-hybridized carbons (Fsp3) is 0.364. The number of benzene rings is 1. The Hall–Kier alpha value is -0.970. The molecule has 0 aromatic heterocycles. The van der Waals surface area contributed by atoms with Crippen molar-refractivity contribution >= 4 is 21.7 Å². The van der Waals surface area contributed by atoms with Crippen LogP contribution in [0.4, 0.5) is 8.78 Å². The molecule has 0 aliphatic heterocycles. The number of carbonyl (C=O) groups is 1. The number of rotatable bonds is 4. The number of ether oxygens (including phenoxy) is 1. The van der Waals surface area contributed by atoms with E-state index in [9.17, 15) is 13.6 Å². The average Bonchev–Trinajstić information content (AvgIpc) is 2.14. The molecule has 1 aromatic carbocycles. The largest absolute Gasteiger partial charge is 0.491 e. The molecule has 0 saturated carbocycles. The molecule has 0 aliphatic rings. The molecule has 0 N–H and O–H groups in total. The van der Waals surface area contributed by atoms with E-state index in [0.717, 1.165) is 0 Å². The summed E-state index contributed by atoms with van der Waals surface area (Å²) in [6.45, 7) is 3.63. The van der Waals surface area contributed by atoms with Crippen LogP contribution in [0.2, 0.25) is 0 Å². The molecule has 0 atom stereocenters. The molecular weight excluding hydrogens is 282 g/mol. The molecule has 0 fully saturated rings. The lowest BCUT2D eigenvalue weighted by Gasteiger charge is -2.11. The highest BCUT2D eigenvalue weighted by atomic mass is 79.9. The van der Waals surface area contributed by atoms with Crippen molar-refractivity contribution in [2.45, 2.75) is 24.8 Å². The first-order valence-electron chi connectivity index (χ1n) is 4.69. The summed E-state index contributed by atoms with van der Waals surface area (Å²) < 4.78 is 30.7. The van der Waals surface area contributed by atoms with Crippen molar-refractivity contribution in [3.05, 3.63) is 29.8 Å². The quantitative estimate of drug-likeness (QED) is 0.625. The molecule has 0 heterocycles. The van der Waals surface area contributed by atoms with Crippen molar-refractivity contribution in [1.29, 1.82) is 0 Å². The molecule has 5 heteroatoms. The first kappa shape index (κ1) is 13.1. The van der Waals surface area contributed by atoms with E-state index in [-0.39, 0.29) is 11.7 Å². The van der Waals surface area contributed by atoms with Gasteiger partial charge in [0, 0.05) is 5.56 Å². The molecule has 0 bridgehead atoms. The van der Waals surface area contributed by atoms with E-state index in [1.54, 1.807) is 6.07 Å². The monoisotopic (exact) mass is 292 g/mol. The van der Waals surface area contributed by atoms with Gasteiger partial charge in [0.05, 0.1) is 6.10 Å². The number of halogens is 3. The van der Waals surface area contributed by atoms with Gasteiger partial charge in [0.1, 0.15) is 5.75 Å². The second-order valence-electron chi connectivity index (χ2n) is 3.52. The van der Waals surface area contributed by atoms with Crippen LogP contribution in [-0.2, 0) is 0 Å². The predicted octanol–water partition coefficient (Wildman–Crippen LogP) is 3.64. The highest BCUT2D eigenvalue weighted by Crippen LogP contribution is 2.28. The number of ketones is 1. The van der Waals surface area contributed by atoms with Gasteiger partial charge >= 0.3 is 4.83 Å². The smallest absolute Gasteiger partial charge is 0.363 e. The van der Waals surface area contributed by atoms with Crippen LogP contribution in [0, 0.1) is 0 Å². The third-order valence-electron chi connectivity index (χ3n) is 1.73. The van der Waals surface area contributed by atoms with Crippen LogP contribution < -0.4 is 4.74 Å². The fourth-order valence-electron chi connectivity index (χ4n) is 1.15. The van der Waals surface area contributed by atoms with Crippen LogP contribution in [0.25, 0.3) is 0 Å². The Morgan fingerprint density at radius 3 is 2.56 bits per heavy atom. The molecular formula is C11H11BrF2O2. The van der Waals surface area contributed by atoms with E-state index >= 15 is 0 Å². The molecule has 1 rings (SSSR count). The SMILES string of the molecule is CC(C)Oc1cccc(C(=O)C(F)(F)Br)c1. The van der Waals surface area contributed by atoms with Crippen molar-refractivity contribution < 1.29 is 18.3 Å². The summed E-state index contributed by atoms with van der Waals surface area (Å²) >= 11 is 2.03. The van der Waals surface area contributed by atoms with Crippen molar-refractivity contribution in [2.75, 3.05) is 0 Å². The average molecular weight is 293 g/mol. The Morgan fingerprint density at radius 1 is 1.44 bits per heavy atom. The molecule has 2 nitrogen and oxygen atoms in total. The zero-order valence-corrected chi connectivity index (χ0v) is 10.4. The second-order valence-corrected chi connectivity index (χ2v) is 4.52. The lowest BCUT2D eigenvalue weighted by atomic mass is 10.1. The Labute approximate surface area is 101 Å². The second kappa shape index (κ2) is 4.91. The molecule has 88 valence electrons. The first-order valence-corrected chi connectivity index (χ1v) is 5.48. The van der Waals surface area contributed by atoms with Gasteiger partial charge in [0.25, 0.3) is 0 Å². The number of hydrogen-bond donors (Lipinski definition) is 0. The van der Waals surface area contributed by atoms with Gasteiger partial charge < -0.3 is 4.74 Å². The molecule has 0 saturated heterocycles. The molecule has 0 unspecified atom stereocenters. The molecule has 0 spiro atoms. The van der Waals surface area contributed by atoms with Crippen LogP contribution in [-0.4, -0.2) is 16.7 Å². The summed E-state index contributed by atoms with van der Waals surface area (Å²) in [5.41, 5.74) is -0.0833. The summed E-state index contributed by atoms with van der Waals surface area (Å²) in [5, 5.41) is 0. The normalized spacial score (nSPS) is 11.6. The summed E-state index contributed by atoms with van der Waals surface area (Å²) in [6, 6.07) is 5.75. The van der Waals surface area contributed by atoms with E-state index < -0.39 is 10.6 Å². The molecule has 0 amide bonds. The summed E-state index contributed by atoms with van der Waals surface area (Å²) in [5.74, 6) is -0.876. The zero-order valence-electron chi connectivity index (χ0n) is 8.84. The summed E-state index contributed by atoms with van der Waals surface area (Å²) in [4.78, 5) is 7.71. The van der Waals surface area contributed by atoms with Crippen LogP contribution in [0.1, 0.15) is 24.2 Å². The topological polar surface area (TPSA) is 26.3 Å². The van der Waals surface area contributed by atoms with Gasteiger partial charge in [-0.15, -0.1) is 0 Å². The third-order valence-corrected chi connectivity index (χ3v) is 2.09. The van der Waals surface area contributed by atoms with Crippen molar-refractivity contribution in [3.8, 4) is 5.75 Å². The first-order chi connectivity index (χ1) is 7.30. The third kappa shape index (κ3) is 3.56.